The van der Waals surface area contributed by atoms with Crippen LogP contribution in [0.2, 0.25) is 0 Å². The van der Waals surface area contributed by atoms with Crippen LogP contribution < -0.4 is 21.0 Å². The molecule has 0 aromatic heterocycles. The topological polar surface area (TPSA) is 23.1 Å². The van der Waals surface area contributed by atoms with Gasteiger partial charge in [0.2, 0.25) is 0 Å². The first kappa shape index (κ1) is 17.5. The molecule has 0 bridgehead atoms. The molecular weight excluding hydrogens is 323 g/mol. The van der Waals surface area contributed by atoms with Crippen LogP contribution in [0.1, 0.15) is 13.8 Å². The second kappa shape index (κ2) is 7.68. The van der Waals surface area contributed by atoms with E-state index in [-0.39, 0.29) is 11.7 Å². The summed E-state index contributed by atoms with van der Waals surface area (Å²) in [6.07, 6.45) is 0. The van der Waals surface area contributed by atoms with E-state index >= 15 is 0 Å². The van der Waals surface area contributed by atoms with Crippen molar-refractivity contribution in [1.29, 1.82) is 0 Å². The van der Waals surface area contributed by atoms with Gasteiger partial charge < -0.3 is 5.11 Å². The molecule has 0 unspecified atom stereocenters. The molecule has 25 heavy (non-hydrogen) atoms. The summed E-state index contributed by atoms with van der Waals surface area (Å²) in [6, 6.07) is 31.3. The summed E-state index contributed by atoms with van der Waals surface area (Å²) in [5, 5.41) is 16.5. The molecule has 0 aliphatic rings. The van der Waals surface area contributed by atoms with Gasteiger partial charge in [-0.15, -0.1) is 0 Å². The molecule has 0 radical (unpaired) electrons. The maximum Gasteiger partial charge on any atom is 0.136 e. The van der Waals surface area contributed by atoms with E-state index in [2.05, 4.69) is 72.8 Å². The lowest BCUT2D eigenvalue weighted by atomic mass is 10.2. The molecule has 0 amide bonds. The minimum atomic E-state index is -2.14. The third kappa shape index (κ3) is 3.52. The van der Waals surface area contributed by atoms with Gasteiger partial charge in [-0.2, -0.15) is 0 Å². The minimum absolute atomic E-state index is 0.0180. The minimum Gasteiger partial charge on any atom is -0.873 e. The van der Waals surface area contributed by atoms with Gasteiger partial charge in [0.15, 0.2) is 0 Å². The van der Waals surface area contributed by atoms with Crippen molar-refractivity contribution in [2.45, 2.75) is 13.8 Å². The zero-order chi connectivity index (χ0) is 17.7. The Morgan fingerprint density at radius 1 is 0.680 bits per heavy atom. The molecule has 1 nitrogen and oxygen atoms in total. The van der Waals surface area contributed by atoms with Gasteiger partial charge >= 0.3 is 0 Å². The Morgan fingerprint density at radius 3 is 1.28 bits per heavy atom. The van der Waals surface area contributed by atoms with Gasteiger partial charge in [0.05, 0.1) is 5.82 Å². The molecule has 0 aliphatic carbocycles. The molecule has 3 aromatic carbocycles. The average molecular weight is 346 g/mol. The van der Waals surface area contributed by atoms with Crippen molar-refractivity contribution in [3.63, 3.8) is 0 Å². The first-order valence-corrected chi connectivity index (χ1v) is 10.5. The van der Waals surface area contributed by atoms with Crippen LogP contribution in [0.4, 0.5) is 0 Å². The summed E-state index contributed by atoms with van der Waals surface area (Å²) >= 11 is 0. The van der Waals surface area contributed by atoms with E-state index in [0.29, 0.717) is 0 Å². The van der Waals surface area contributed by atoms with Gasteiger partial charge in [-0.25, -0.2) is 0 Å². The summed E-state index contributed by atoms with van der Waals surface area (Å²) in [4.78, 5) is 0. The third-order valence-corrected chi connectivity index (χ3v) is 8.36. The van der Waals surface area contributed by atoms with E-state index in [1.54, 1.807) is 0 Å². The molecule has 0 saturated carbocycles. The molecular formula is C23H23OP. The lowest BCUT2D eigenvalue weighted by molar-refractivity contribution is -0.312. The van der Waals surface area contributed by atoms with E-state index in [9.17, 15) is 5.11 Å². The third-order valence-electron chi connectivity index (χ3n) is 4.38. The van der Waals surface area contributed by atoms with Crippen molar-refractivity contribution in [1.82, 2.24) is 0 Å². The predicted octanol–water partition coefficient (Wildman–Crippen LogP) is 3.84. The average Bonchev–Trinajstić information content (AvgIpc) is 2.68. The van der Waals surface area contributed by atoms with E-state index in [1.807, 2.05) is 37.9 Å². The summed E-state index contributed by atoms with van der Waals surface area (Å²) in [5.41, 5.74) is 0. The number of benzene rings is 3. The Bertz CT molecular complexity index is 727. The van der Waals surface area contributed by atoms with Gasteiger partial charge in [0.25, 0.3) is 0 Å². The maximum atomic E-state index is 12.9. The largest absolute Gasteiger partial charge is 0.873 e. The molecule has 3 rings (SSSR count). The first-order valence-electron chi connectivity index (χ1n) is 8.60. The van der Waals surface area contributed by atoms with E-state index in [0.717, 1.165) is 0 Å². The van der Waals surface area contributed by atoms with Crippen molar-refractivity contribution in [2.24, 2.45) is 5.92 Å². The number of rotatable bonds is 5. The molecule has 0 saturated heterocycles. The van der Waals surface area contributed by atoms with Crippen LogP contribution in [0.5, 0.6) is 0 Å². The second-order valence-corrected chi connectivity index (χ2v) is 9.67. The number of hydrogen-bond acceptors (Lipinski definition) is 1. The second-order valence-electron chi connectivity index (χ2n) is 6.42. The Morgan fingerprint density at radius 2 is 1.00 bits per heavy atom. The Kier molecular flexibility index (Phi) is 5.36. The van der Waals surface area contributed by atoms with Gasteiger partial charge in [-0.1, -0.05) is 74.2 Å². The van der Waals surface area contributed by atoms with E-state index in [4.69, 9.17) is 0 Å². The van der Waals surface area contributed by atoms with Crippen molar-refractivity contribution in [3.05, 3.63) is 103 Å². The first-order chi connectivity index (χ1) is 12.1. The Hall–Kier alpha value is -2.37. The predicted molar refractivity (Wildman–Crippen MR) is 108 cm³/mol. The lowest BCUT2D eigenvalue weighted by Gasteiger charge is -2.27. The quantitative estimate of drug-likeness (QED) is 0.508. The number of hydrogen-bond donors (Lipinski definition) is 0. The molecule has 126 valence electrons. The standard InChI is InChI=1S/C23H23OP/c1-19(2)23(24)18-25(20-12-6-3-7-13-20,21-14-8-4-9-15-21)22-16-10-5-11-17-22/h3-19H,1-2H3/b23-18-. The molecule has 0 aliphatic heterocycles. The van der Waals surface area contributed by atoms with Crippen LogP contribution in [0.3, 0.4) is 0 Å². The molecule has 0 spiro atoms. The fraction of sp³-hybridized carbons (Fsp3) is 0.130. The fourth-order valence-electron chi connectivity index (χ4n) is 3.00. The summed E-state index contributed by atoms with van der Waals surface area (Å²) in [5.74, 6) is 2.19. The lowest BCUT2D eigenvalue weighted by Crippen LogP contribution is -2.31. The highest BCUT2D eigenvalue weighted by molar-refractivity contribution is 7.98. The molecule has 0 heterocycles. The van der Waals surface area contributed by atoms with Gasteiger partial charge in [-0.3, -0.25) is 0 Å². The normalized spacial score (nSPS) is 12.4. The maximum absolute atomic E-state index is 12.9. The SMILES string of the molecule is CC(C)/C([O-])=C/[P+](c1ccccc1)(c1ccccc1)c1ccccc1. The smallest absolute Gasteiger partial charge is 0.136 e. The molecule has 3 aromatic rings. The molecule has 0 atom stereocenters. The summed E-state index contributed by atoms with van der Waals surface area (Å²) in [7, 11) is -2.14. The van der Waals surface area contributed by atoms with Crippen LogP contribution in [-0.4, -0.2) is 0 Å². The molecule has 2 heteroatoms. The van der Waals surface area contributed by atoms with Gasteiger partial charge in [-0.05, 0) is 42.3 Å². The van der Waals surface area contributed by atoms with Crippen molar-refractivity contribution in [3.8, 4) is 0 Å². The fourth-order valence-corrected chi connectivity index (χ4v) is 6.95. The van der Waals surface area contributed by atoms with Crippen molar-refractivity contribution >= 4 is 23.2 Å². The zero-order valence-electron chi connectivity index (χ0n) is 14.7. The summed E-state index contributed by atoms with van der Waals surface area (Å²) < 4.78 is 0. The van der Waals surface area contributed by atoms with E-state index < -0.39 is 7.26 Å². The highest BCUT2D eigenvalue weighted by atomic mass is 31.2. The Labute approximate surface area is 151 Å². The van der Waals surface area contributed by atoms with E-state index in [1.165, 1.54) is 15.9 Å². The van der Waals surface area contributed by atoms with Crippen molar-refractivity contribution < 1.29 is 5.11 Å². The van der Waals surface area contributed by atoms with Gasteiger partial charge in [0, 0.05) is 0 Å². The molecule has 0 fully saturated rings. The Balaban J connectivity index is 2.38. The van der Waals surface area contributed by atoms with Crippen LogP contribution in [0.25, 0.3) is 0 Å². The van der Waals surface area contributed by atoms with Gasteiger partial charge in [0.1, 0.15) is 23.2 Å². The van der Waals surface area contributed by atoms with Crippen LogP contribution in [-0.2, 0) is 0 Å². The zero-order valence-corrected chi connectivity index (χ0v) is 15.6. The van der Waals surface area contributed by atoms with Crippen LogP contribution in [0.15, 0.2) is 103 Å². The van der Waals surface area contributed by atoms with Crippen LogP contribution in [0, 0.1) is 5.92 Å². The molecule has 0 N–H and O–H groups in total. The summed E-state index contributed by atoms with van der Waals surface area (Å²) in [6.45, 7) is 3.93. The van der Waals surface area contributed by atoms with Crippen molar-refractivity contribution in [2.75, 3.05) is 0 Å². The monoisotopic (exact) mass is 346 g/mol. The van der Waals surface area contributed by atoms with Crippen LogP contribution >= 0.6 is 7.26 Å². The highest BCUT2D eigenvalue weighted by Crippen LogP contribution is 2.57. The highest BCUT2D eigenvalue weighted by Gasteiger charge is 2.43. The number of allylic oxidation sites excluding steroid dienone is 1.